The van der Waals surface area contributed by atoms with Crippen molar-refractivity contribution in [2.24, 2.45) is 0 Å². The van der Waals surface area contributed by atoms with Crippen LogP contribution in [0.25, 0.3) is 11.1 Å². The van der Waals surface area contributed by atoms with Crippen LogP contribution in [0.1, 0.15) is 34.5 Å². The summed E-state index contributed by atoms with van der Waals surface area (Å²) in [6.07, 6.45) is -1.65. The number of hydrogen-bond donors (Lipinski definition) is 1. The molecule has 3 aromatic rings. The van der Waals surface area contributed by atoms with E-state index < -0.39 is 11.9 Å². The Morgan fingerprint density at radius 2 is 1.67 bits per heavy atom. The van der Waals surface area contributed by atoms with Gasteiger partial charge in [-0.1, -0.05) is 36.4 Å². The Bertz CT molecular complexity index is 1250. The van der Waals surface area contributed by atoms with Crippen molar-refractivity contribution in [3.8, 4) is 11.1 Å². The first-order valence-electron chi connectivity index (χ1n) is 11.9. The van der Waals surface area contributed by atoms with Crippen molar-refractivity contribution in [3.05, 3.63) is 83.7 Å². The largest absolute Gasteiger partial charge is 0.433 e. The van der Waals surface area contributed by atoms with Gasteiger partial charge in [0.2, 0.25) is 0 Å². The molecule has 186 valence electrons. The van der Waals surface area contributed by atoms with Crippen molar-refractivity contribution in [1.29, 1.82) is 0 Å². The zero-order valence-electron chi connectivity index (χ0n) is 19.5. The van der Waals surface area contributed by atoms with Crippen LogP contribution in [0, 0.1) is 0 Å². The summed E-state index contributed by atoms with van der Waals surface area (Å²) in [4.78, 5) is 32.4. The molecule has 3 amide bonds. The van der Waals surface area contributed by atoms with Gasteiger partial charge in [-0.3, -0.25) is 14.7 Å². The number of benzene rings is 2. The van der Waals surface area contributed by atoms with E-state index in [1.165, 1.54) is 0 Å². The average molecular weight is 495 g/mol. The normalized spacial score (nSPS) is 16.1. The number of halogens is 3. The smallest absolute Gasteiger partial charge is 0.338 e. The number of likely N-dealkylation sites (tertiary alicyclic amines) is 1. The van der Waals surface area contributed by atoms with E-state index in [1.54, 1.807) is 9.80 Å². The summed E-state index contributed by atoms with van der Waals surface area (Å²) in [5, 5.41) is 3.08. The minimum absolute atomic E-state index is 0.0834. The molecule has 0 bridgehead atoms. The topological polar surface area (TPSA) is 65.5 Å². The van der Waals surface area contributed by atoms with Gasteiger partial charge in [0.1, 0.15) is 5.69 Å². The molecule has 36 heavy (non-hydrogen) atoms. The molecule has 2 aliphatic heterocycles. The van der Waals surface area contributed by atoms with E-state index in [9.17, 15) is 22.8 Å². The second kappa shape index (κ2) is 9.64. The van der Waals surface area contributed by atoms with Crippen molar-refractivity contribution in [3.63, 3.8) is 0 Å². The summed E-state index contributed by atoms with van der Waals surface area (Å²) in [7, 11) is 0. The third-order valence-corrected chi connectivity index (χ3v) is 6.74. The van der Waals surface area contributed by atoms with Crippen molar-refractivity contribution in [2.45, 2.75) is 31.5 Å². The van der Waals surface area contributed by atoms with Crippen LogP contribution in [0.4, 0.5) is 23.7 Å². The molecular formula is C27H25F3N4O2. The maximum atomic E-state index is 13.0. The Labute approximate surface area is 206 Å². The highest BCUT2D eigenvalue weighted by Gasteiger charge is 2.33. The number of alkyl halides is 3. The van der Waals surface area contributed by atoms with E-state index in [4.69, 9.17) is 0 Å². The van der Waals surface area contributed by atoms with E-state index >= 15 is 0 Å². The van der Waals surface area contributed by atoms with Crippen LogP contribution in [-0.2, 0) is 12.6 Å². The van der Waals surface area contributed by atoms with Crippen LogP contribution in [0.15, 0.2) is 66.9 Å². The van der Waals surface area contributed by atoms with Gasteiger partial charge in [-0.2, -0.15) is 13.2 Å². The first-order valence-corrected chi connectivity index (χ1v) is 11.9. The monoisotopic (exact) mass is 494 g/mol. The van der Waals surface area contributed by atoms with E-state index in [-0.39, 0.29) is 23.5 Å². The molecule has 2 aliphatic rings. The molecule has 0 radical (unpaired) electrons. The summed E-state index contributed by atoms with van der Waals surface area (Å²) < 4.78 is 38.1. The molecule has 5 rings (SSSR count). The molecule has 0 spiro atoms. The number of carbonyl (C=O) groups excluding carboxylic acids is 2. The van der Waals surface area contributed by atoms with Crippen LogP contribution >= 0.6 is 0 Å². The first-order chi connectivity index (χ1) is 17.3. The molecule has 9 heteroatoms. The van der Waals surface area contributed by atoms with Crippen LogP contribution in [-0.4, -0.2) is 47.5 Å². The fourth-order valence-corrected chi connectivity index (χ4v) is 4.77. The number of urea groups is 1. The van der Waals surface area contributed by atoms with Crippen molar-refractivity contribution >= 4 is 17.6 Å². The third kappa shape index (κ3) is 4.91. The van der Waals surface area contributed by atoms with Crippen molar-refractivity contribution in [1.82, 2.24) is 15.2 Å². The number of anilines is 1. The number of nitrogens with one attached hydrogen (secondary N) is 1. The number of piperidine rings is 1. The minimum atomic E-state index is -4.54. The molecule has 0 atom stereocenters. The fourth-order valence-electron chi connectivity index (χ4n) is 4.77. The first kappa shape index (κ1) is 23.8. The van der Waals surface area contributed by atoms with Gasteiger partial charge < -0.3 is 10.2 Å². The van der Waals surface area contributed by atoms with Crippen molar-refractivity contribution < 1.29 is 22.8 Å². The highest BCUT2D eigenvalue weighted by Crippen LogP contribution is 2.32. The summed E-state index contributed by atoms with van der Waals surface area (Å²) in [5.41, 5.74) is 3.40. The van der Waals surface area contributed by atoms with Crippen LogP contribution in [0.3, 0.4) is 0 Å². The van der Waals surface area contributed by atoms with E-state index in [0.717, 1.165) is 47.1 Å². The molecule has 1 fully saturated rings. The van der Waals surface area contributed by atoms with Gasteiger partial charge >= 0.3 is 12.2 Å². The number of carbonyl (C=O) groups is 2. The Balaban J connectivity index is 1.16. The SMILES string of the molecule is O=C(c1ccc(C(F)(F)F)nc1)N1CCC(NC(=O)N2CCc3cc(-c4ccccc4)ccc32)CC1. The number of nitrogens with zero attached hydrogens (tertiary/aromatic N) is 3. The average Bonchev–Trinajstić information content (AvgIpc) is 3.32. The standard InChI is InChI=1S/C27H25F3N4O2/c28-27(29,30)24-9-7-21(17-31-24)25(35)33-13-11-22(12-14-33)32-26(36)34-15-10-20-16-19(6-8-23(20)34)18-4-2-1-3-5-18/h1-9,16-17,22H,10-15H2,(H,32,36). The summed E-state index contributed by atoms with van der Waals surface area (Å²) >= 11 is 0. The van der Waals surface area contributed by atoms with Gasteiger partial charge in [-0.05, 0) is 60.2 Å². The zero-order chi connectivity index (χ0) is 25.3. The number of pyridine rings is 1. The van der Waals surface area contributed by atoms with Crippen LogP contribution in [0.2, 0.25) is 0 Å². The molecule has 0 saturated carbocycles. The number of hydrogen-bond acceptors (Lipinski definition) is 3. The second-order valence-corrected chi connectivity index (χ2v) is 9.06. The summed E-state index contributed by atoms with van der Waals surface area (Å²) in [6.45, 7) is 1.42. The number of rotatable bonds is 3. The van der Waals surface area contributed by atoms with Crippen LogP contribution < -0.4 is 10.2 Å². The number of fused-ring (bicyclic) bond motifs is 1. The lowest BCUT2D eigenvalue weighted by Gasteiger charge is -2.33. The number of amides is 3. The number of aromatic nitrogens is 1. The van der Waals surface area contributed by atoms with Crippen LogP contribution in [0.5, 0.6) is 0 Å². The second-order valence-electron chi connectivity index (χ2n) is 9.06. The molecule has 1 aromatic heterocycles. The van der Waals surface area contributed by atoms with Gasteiger partial charge in [0.25, 0.3) is 5.91 Å². The molecule has 0 aliphatic carbocycles. The Morgan fingerprint density at radius 1 is 0.917 bits per heavy atom. The quantitative estimate of drug-likeness (QED) is 0.548. The van der Waals surface area contributed by atoms with E-state index in [2.05, 4.69) is 28.5 Å². The third-order valence-electron chi connectivity index (χ3n) is 6.74. The Hall–Kier alpha value is -3.88. The predicted molar refractivity (Wildman–Crippen MR) is 130 cm³/mol. The summed E-state index contributed by atoms with van der Waals surface area (Å²) in [5.74, 6) is -0.358. The molecule has 6 nitrogen and oxygen atoms in total. The Morgan fingerprint density at radius 3 is 2.33 bits per heavy atom. The highest BCUT2D eigenvalue weighted by atomic mass is 19.4. The van der Waals surface area contributed by atoms with Gasteiger partial charge in [0.15, 0.2) is 0 Å². The Kier molecular flexibility index (Phi) is 6.38. The summed E-state index contributed by atoms with van der Waals surface area (Å²) in [6, 6.07) is 18.0. The van der Waals surface area contributed by atoms with Gasteiger partial charge in [-0.15, -0.1) is 0 Å². The van der Waals surface area contributed by atoms with Gasteiger partial charge in [0, 0.05) is 37.6 Å². The minimum Gasteiger partial charge on any atom is -0.338 e. The van der Waals surface area contributed by atoms with E-state index in [1.807, 2.05) is 30.3 Å². The molecule has 1 saturated heterocycles. The molecule has 0 unspecified atom stereocenters. The lowest BCUT2D eigenvalue weighted by molar-refractivity contribution is -0.141. The molecule has 1 N–H and O–H groups in total. The fraction of sp³-hybridized carbons (Fsp3) is 0.296. The molecule has 2 aromatic carbocycles. The lowest BCUT2D eigenvalue weighted by atomic mass is 10.0. The highest BCUT2D eigenvalue weighted by molar-refractivity contribution is 5.95. The zero-order valence-corrected chi connectivity index (χ0v) is 19.5. The molecular weight excluding hydrogens is 469 g/mol. The van der Waals surface area contributed by atoms with Gasteiger partial charge in [0.05, 0.1) is 5.56 Å². The van der Waals surface area contributed by atoms with Crippen molar-refractivity contribution in [2.75, 3.05) is 24.5 Å². The van der Waals surface area contributed by atoms with E-state index in [0.29, 0.717) is 32.5 Å². The maximum absolute atomic E-state index is 13.0. The lowest BCUT2D eigenvalue weighted by Crippen LogP contribution is -2.50. The maximum Gasteiger partial charge on any atom is 0.433 e. The predicted octanol–water partition coefficient (Wildman–Crippen LogP) is 5.14. The molecule has 3 heterocycles. The van der Waals surface area contributed by atoms with Gasteiger partial charge in [-0.25, -0.2) is 4.79 Å².